The van der Waals surface area contributed by atoms with E-state index in [1.165, 1.54) is 12.1 Å². The largest absolute Gasteiger partial charge is 0.318 e. The van der Waals surface area contributed by atoms with Gasteiger partial charge in [-0.2, -0.15) is 5.10 Å². The van der Waals surface area contributed by atoms with Crippen LogP contribution in [0, 0.1) is 27.7 Å². The predicted octanol–water partition coefficient (Wildman–Crippen LogP) is 5.82. The highest BCUT2D eigenvalue weighted by Gasteiger charge is 2.28. The van der Waals surface area contributed by atoms with E-state index in [-0.39, 0.29) is 4.90 Å². The fourth-order valence-corrected chi connectivity index (χ4v) is 6.12. The molecule has 0 fully saturated rings. The van der Waals surface area contributed by atoms with E-state index in [0.29, 0.717) is 5.69 Å². The molecular formula is C29H29BrN4O3S. The number of nitrogens with zero attached hydrogens (tertiary/aromatic N) is 3. The van der Waals surface area contributed by atoms with E-state index in [0.717, 1.165) is 42.5 Å². The number of nitrogens with one attached hydrogen (secondary N) is 1. The first kappa shape index (κ1) is 27.3. The zero-order valence-corrected chi connectivity index (χ0v) is 24.0. The maximum absolute atomic E-state index is 13.5. The molecule has 1 aromatic heterocycles. The fraction of sp³-hybridized carbons (Fsp3) is 0.172. The van der Waals surface area contributed by atoms with Gasteiger partial charge >= 0.3 is 0 Å². The lowest BCUT2D eigenvalue weighted by Gasteiger charge is -2.25. The lowest BCUT2D eigenvalue weighted by molar-refractivity contribution is -0.119. The van der Waals surface area contributed by atoms with Gasteiger partial charge in [-0.1, -0.05) is 51.8 Å². The van der Waals surface area contributed by atoms with Crippen LogP contribution in [0.4, 0.5) is 5.69 Å². The van der Waals surface area contributed by atoms with E-state index in [1.54, 1.807) is 30.5 Å². The normalized spacial score (nSPS) is 11.6. The molecule has 4 aromatic rings. The number of sulfonamides is 1. The Balaban J connectivity index is 1.56. The van der Waals surface area contributed by atoms with E-state index in [2.05, 4.69) is 31.0 Å². The minimum absolute atomic E-state index is 0.108. The topological polar surface area (TPSA) is 83.8 Å². The smallest absolute Gasteiger partial charge is 0.264 e. The van der Waals surface area contributed by atoms with E-state index >= 15 is 0 Å². The average Bonchev–Trinajstić information content (AvgIpc) is 3.16. The van der Waals surface area contributed by atoms with Gasteiger partial charge in [0.1, 0.15) is 6.54 Å². The number of amides is 1. The molecular weight excluding hydrogens is 564 g/mol. The number of carbonyl (C=O) groups is 1. The van der Waals surface area contributed by atoms with Crippen molar-refractivity contribution in [2.24, 2.45) is 5.10 Å². The molecule has 1 heterocycles. The van der Waals surface area contributed by atoms with Crippen molar-refractivity contribution < 1.29 is 13.2 Å². The molecule has 1 amide bonds. The summed E-state index contributed by atoms with van der Waals surface area (Å²) in [7, 11) is -3.99. The molecule has 0 saturated carbocycles. The van der Waals surface area contributed by atoms with Crippen LogP contribution in [0.3, 0.4) is 0 Å². The maximum atomic E-state index is 13.5. The van der Waals surface area contributed by atoms with Gasteiger partial charge in [0.25, 0.3) is 15.9 Å². The number of carbonyl (C=O) groups excluding carboxylic acids is 1. The minimum atomic E-state index is -3.99. The molecule has 7 nitrogen and oxygen atoms in total. The molecule has 4 rings (SSSR count). The zero-order valence-electron chi connectivity index (χ0n) is 21.6. The van der Waals surface area contributed by atoms with Gasteiger partial charge in [0.15, 0.2) is 0 Å². The molecule has 0 radical (unpaired) electrons. The van der Waals surface area contributed by atoms with Crippen LogP contribution in [0.25, 0.3) is 5.69 Å². The monoisotopic (exact) mass is 592 g/mol. The molecule has 0 bridgehead atoms. The second-order valence-corrected chi connectivity index (χ2v) is 11.8. The summed E-state index contributed by atoms with van der Waals surface area (Å²) in [4.78, 5) is 13.1. The van der Waals surface area contributed by atoms with Crippen molar-refractivity contribution in [1.29, 1.82) is 0 Å². The van der Waals surface area contributed by atoms with E-state index in [1.807, 2.05) is 70.2 Å². The summed E-state index contributed by atoms with van der Waals surface area (Å²) in [5, 5.41) is 4.14. The number of hydrogen-bond acceptors (Lipinski definition) is 4. The number of hydrogen-bond donors (Lipinski definition) is 1. The first-order chi connectivity index (χ1) is 18.1. The second kappa shape index (κ2) is 11.4. The maximum Gasteiger partial charge on any atom is 0.264 e. The zero-order chi connectivity index (χ0) is 27.4. The molecule has 196 valence electrons. The third-order valence-electron chi connectivity index (χ3n) is 6.19. The molecule has 1 N–H and O–H groups in total. The predicted molar refractivity (Wildman–Crippen MR) is 156 cm³/mol. The van der Waals surface area contributed by atoms with Gasteiger partial charge in [0.05, 0.1) is 16.8 Å². The van der Waals surface area contributed by atoms with Crippen molar-refractivity contribution in [2.45, 2.75) is 32.6 Å². The highest BCUT2D eigenvalue weighted by molar-refractivity contribution is 9.10. The Morgan fingerprint density at radius 2 is 1.66 bits per heavy atom. The highest BCUT2D eigenvalue weighted by atomic mass is 79.9. The van der Waals surface area contributed by atoms with Crippen molar-refractivity contribution in [3.8, 4) is 5.69 Å². The number of halogens is 1. The van der Waals surface area contributed by atoms with E-state index < -0.39 is 22.5 Å². The summed E-state index contributed by atoms with van der Waals surface area (Å²) >= 11 is 3.46. The lowest BCUT2D eigenvalue weighted by atomic mass is 10.1. The lowest BCUT2D eigenvalue weighted by Crippen LogP contribution is -2.40. The summed E-state index contributed by atoms with van der Waals surface area (Å²) in [5.41, 5.74) is 8.53. The number of rotatable bonds is 8. The summed E-state index contributed by atoms with van der Waals surface area (Å²) in [6, 6.07) is 23.5. The van der Waals surface area contributed by atoms with Crippen molar-refractivity contribution >= 4 is 43.8 Å². The van der Waals surface area contributed by atoms with Crippen LogP contribution in [-0.2, 0) is 14.8 Å². The third-order valence-corrected chi connectivity index (χ3v) is 8.49. The van der Waals surface area contributed by atoms with Crippen molar-refractivity contribution in [1.82, 2.24) is 9.99 Å². The van der Waals surface area contributed by atoms with Crippen LogP contribution in [-0.4, -0.2) is 31.7 Å². The molecule has 0 saturated heterocycles. The number of hydrazone groups is 1. The van der Waals surface area contributed by atoms with Gasteiger partial charge in [-0.25, -0.2) is 13.8 Å². The van der Waals surface area contributed by atoms with Crippen molar-refractivity contribution in [3.63, 3.8) is 0 Å². The average molecular weight is 594 g/mol. The Hall–Kier alpha value is -3.69. The fourth-order valence-electron chi connectivity index (χ4n) is 4.35. The van der Waals surface area contributed by atoms with Crippen LogP contribution in [0.1, 0.15) is 28.1 Å². The quantitative estimate of drug-likeness (QED) is 0.207. The Bertz CT molecular complexity index is 1600. The van der Waals surface area contributed by atoms with Crippen LogP contribution in [0.5, 0.6) is 0 Å². The van der Waals surface area contributed by atoms with Gasteiger partial charge in [0.2, 0.25) is 0 Å². The number of benzene rings is 3. The molecule has 9 heteroatoms. The van der Waals surface area contributed by atoms with Crippen LogP contribution < -0.4 is 9.73 Å². The van der Waals surface area contributed by atoms with Gasteiger partial charge in [-0.3, -0.25) is 9.10 Å². The van der Waals surface area contributed by atoms with E-state index in [4.69, 9.17) is 0 Å². The number of aryl methyl sites for hydroxylation is 3. The van der Waals surface area contributed by atoms with E-state index in [9.17, 15) is 13.2 Å². The first-order valence-electron chi connectivity index (χ1n) is 12.0. The molecule has 0 aliphatic carbocycles. The summed E-state index contributed by atoms with van der Waals surface area (Å²) in [6.45, 7) is 7.32. The van der Waals surface area contributed by atoms with Gasteiger partial charge in [-0.05, 0) is 81.8 Å². The van der Waals surface area contributed by atoms with Gasteiger partial charge < -0.3 is 4.57 Å². The SMILES string of the molecule is Cc1ccc(N(CC(=O)N/N=C/c2cc(C)n(-c3ccc(Br)cc3)c2C)S(=O)(=O)c2ccccc2)c(C)c1. The van der Waals surface area contributed by atoms with Crippen LogP contribution >= 0.6 is 15.9 Å². The Kier molecular flexibility index (Phi) is 8.18. The Labute approximate surface area is 232 Å². The molecule has 0 spiro atoms. The van der Waals surface area contributed by atoms with Gasteiger partial charge in [-0.15, -0.1) is 0 Å². The summed E-state index contributed by atoms with van der Waals surface area (Å²) < 4.78 is 31.3. The Morgan fingerprint density at radius 3 is 2.32 bits per heavy atom. The summed E-state index contributed by atoms with van der Waals surface area (Å²) in [5.74, 6) is -0.553. The molecule has 0 aliphatic rings. The first-order valence-corrected chi connectivity index (χ1v) is 14.2. The minimum Gasteiger partial charge on any atom is -0.318 e. The molecule has 0 aliphatic heterocycles. The highest BCUT2D eigenvalue weighted by Crippen LogP contribution is 2.27. The van der Waals surface area contributed by atoms with Crippen molar-refractivity contribution in [3.05, 3.63) is 111 Å². The molecule has 0 unspecified atom stereocenters. The van der Waals surface area contributed by atoms with Crippen LogP contribution in [0.15, 0.2) is 93.3 Å². The standard InChI is InChI=1S/C29H29BrN4O3S/c1-20-10-15-28(21(2)16-20)33(38(36,37)27-8-6-5-7-9-27)19-29(35)32-31-18-24-17-22(3)34(23(24)4)26-13-11-25(30)12-14-26/h5-18H,19H2,1-4H3,(H,32,35)/b31-18+. The third kappa shape index (κ3) is 5.89. The molecule has 3 aromatic carbocycles. The van der Waals surface area contributed by atoms with Gasteiger partial charge in [0, 0.05) is 27.1 Å². The molecule has 0 atom stereocenters. The molecule has 38 heavy (non-hydrogen) atoms. The van der Waals surface area contributed by atoms with Crippen molar-refractivity contribution in [2.75, 3.05) is 10.8 Å². The Morgan fingerprint density at radius 1 is 0.974 bits per heavy atom. The summed E-state index contributed by atoms with van der Waals surface area (Å²) in [6.07, 6.45) is 1.57. The number of aromatic nitrogens is 1. The van der Waals surface area contributed by atoms with Crippen LogP contribution in [0.2, 0.25) is 0 Å². The number of anilines is 1. The second-order valence-electron chi connectivity index (χ2n) is 9.05.